The molecule has 0 amide bonds. The van der Waals surface area contributed by atoms with Crippen molar-refractivity contribution in [3.05, 3.63) is 0 Å². The molecule has 0 aromatic rings. The monoisotopic (exact) mass is 1030 g/mol. The van der Waals surface area contributed by atoms with Crippen molar-refractivity contribution in [2.24, 2.45) is 0 Å². The smallest absolute Gasteiger partial charge is 0.455 e. The minimum Gasteiger partial charge on any atom is -0.455 e. The lowest BCUT2D eigenvalue weighted by Crippen LogP contribution is -2.74. The highest BCUT2D eigenvalue weighted by molar-refractivity contribution is 6.84. The molecule has 0 aliphatic heterocycles. The zero-order valence-corrected chi connectivity index (χ0v) is 31.1. The second kappa shape index (κ2) is 15.3. The molecule has 0 radical (unpaired) electrons. The third-order valence-electron chi connectivity index (χ3n) is 8.06. The molecule has 0 saturated carbocycles. The van der Waals surface area contributed by atoms with E-state index in [1.165, 1.54) is 0 Å². The molecule has 1 nitrogen and oxygen atoms in total. The Morgan fingerprint density at radius 3 is 0.590 bits per heavy atom. The van der Waals surface area contributed by atoms with Gasteiger partial charge < -0.3 is 4.12 Å². The maximum atomic E-state index is 14.6. The van der Waals surface area contributed by atoms with E-state index < -0.39 is 137 Å². The fourth-order valence-electron chi connectivity index (χ4n) is 4.52. The summed E-state index contributed by atoms with van der Waals surface area (Å²) in [6.45, 7) is 2.19. The summed E-state index contributed by atoms with van der Waals surface area (Å²) < 4.78 is 467. The Bertz CT molecular complexity index is 1430. The molecule has 0 heterocycles. The summed E-state index contributed by atoms with van der Waals surface area (Å²) in [6, 6.07) is -5.05. The number of hydrogen-bond donors (Lipinski definition) is 0. The summed E-state index contributed by atoms with van der Waals surface area (Å²) in [5.74, 6) is -121. The summed E-state index contributed by atoms with van der Waals surface area (Å²) in [5, 5.41) is 0. The van der Waals surface area contributed by atoms with E-state index in [2.05, 4.69) is 0 Å². The molecular formula is C24H20F34OSi2. The molecule has 0 unspecified atom stereocenters. The number of halogens is 34. The molecule has 61 heavy (non-hydrogen) atoms. The molecule has 0 aromatic heterocycles. The van der Waals surface area contributed by atoms with Crippen LogP contribution in [0.3, 0.4) is 0 Å². The van der Waals surface area contributed by atoms with Gasteiger partial charge in [0.15, 0.2) is 16.6 Å². The van der Waals surface area contributed by atoms with Crippen LogP contribution in [0.2, 0.25) is 38.3 Å². The predicted molar refractivity (Wildman–Crippen MR) is 136 cm³/mol. The fraction of sp³-hybridized carbons (Fsp3) is 1.00. The van der Waals surface area contributed by atoms with Crippen LogP contribution in [-0.2, 0) is 4.12 Å². The van der Waals surface area contributed by atoms with Crippen LogP contribution in [0.1, 0.15) is 12.8 Å². The molecule has 0 bridgehead atoms. The van der Waals surface area contributed by atoms with Gasteiger partial charge in [-0.25, -0.2) is 0 Å². The molecular weight excluding hydrogens is 1010 g/mol. The third kappa shape index (κ3) is 8.78. The van der Waals surface area contributed by atoms with Crippen molar-refractivity contribution in [1.29, 1.82) is 0 Å². The van der Waals surface area contributed by atoms with Crippen molar-refractivity contribution in [2.45, 2.75) is 146 Å². The molecule has 37 heteroatoms. The van der Waals surface area contributed by atoms with Crippen molar-refractivity contribution in [3.8, 4) is 0 Å². The van der Waals surface area contributed by atoms with Gasteiger partial charge in [0.1, 0.15) is 0 Å². The van der Waals surface area contributed by atoms with E-state index in [1.807, 2.05) is 0 Å². The topological polar surface area (TPSA) is 9.23 Å². The molecule has 0 spiro atoms. The van der Waals surface area contributed by atoms with Gasteiger partial charge in [-0.1, -0.05) is 0 Å². The molecule has 0 rings (SSSR count). The fourth-order valence-corrected chi connectivity index (χ4v) is 13.2. The van der Waals surface area contributed by atoms with Crippen molar-refractivity contribution in [3.63, 3.8) is 0 Å². The average molecular weight is 1030 g/mol. The Hall–Kier alpha value is -1.99. The quantitative estimate of drug-likeness (QED) is 0.0872. The second-order valence-electron chi connectivity index (χ2n) is 14.0. The SMILES string of the molecule is C[Si](C)(C)O[Si](C)(CCC(F)(F)C(F)(F)C(F)(F)C(F)(F)C(F)(F)C(F)(F)C(F)(F)C(F)(F)F)CCC(F)(F)C(F)(F)C(F)(F)C(F)(F)C(F)(F)C(F)(F)C(F)(F)C(F)(F)F. The third-order valence-corrected chi connectivity index (χ3v) is 15.1. The van der Waals surface area contributed by atoms with Crippen LogP contribution >= 0.6 is 0 Å². The normalized spacial score (nSPS) is 17.0. The molecule has 0 aliphatic rings. The lowest BCUT2D eigenvalue weighted by Gasteiger charge is -2.44. The molecule has 0 fully saturated rings. The van der Waals surface area contributed by atoms with Gasteiger partial charge in [-0.2, -0.15) is 149 Å². The Morgan fingerprint density at radius 1 is 0.262 bits per heavy atom. The van der Waals surface area contributed by atoms with Gasteiger partial charge in [-0.3, -0.25) is 0 Å². The van der Waals surface area contributed by atoms with Gasteiger partial charge in [0, 0.05) is 12.8 Å². The molecule has 368 valence electrons. The highest BCUT2D eigenvalue weighted by Gasteiger charge is 2.97. The zero-order valence-electron chi connectivity index (χ0n) is 29.1. The summed E-state index contributed by atoms with van der Waals surface area (Å²) in [4.78, 5) is 0. The first-order chi connectivity index (χ1) is 25.6. The van der Waals surface area contributed by atoms with E-state index in [0.717, 1.165) is 19.6 Å². The number of alkyl halides is 34. The van der Waals surface area contributed by atoms with Gasteiger partial charge in [0.2, 0.25) is 0 Å². The second-order valence-corrected chi connectivity index (χ2v) is 22.9. The molecule has 0 atom stereocenters. The number of rotatable bonds is 20. The lowest BCUT2D eigenvalue weighted by atomic mass is 9.88. The minimum absolute atomic E-state index is 0.0188. The van der Waals surface area contributed by atoms with Crippen molar-refractivity contribution < 1.29 is 153 Å². The average Bonchev–Trinajstić information content (AvgIpc) is 3.00. The number of hydrogen-bond acceptors (Lipinski definition) is 1. The van der Waals surface area contributed by atoms with Crippen LogP contribution in [0.15, 0.2) is 0 Å². The minimum atomic E-state index is -9.11. The Morgan fingerprint density at radius 2 is 0.426 bits per heavy atom. The van der Waals surface area contributed by atoms with E-state index in [-0.39, 0.29) is 6.55 Å². The maximum absolute atomic E-state index is 14.6. The predicted octanol–water partition coefficient (Wildman–Crippen LogP) is 14.2. The highest BCUT2D eigenvalue weighted by Crippen LogP contribution is 2.66. The molecule has 0 aromatic carbocycles. The van der Waals surface area contributed by atoms with Gasteiger partial charge in [-0.15, -0.1) is 0 Å². The Balaban J connectivity index is 7.15. The van der Waals surface area contributed by atoms with Crippen molar-refractivity contribution in [2.75, 3.05) is 0 Å². The van der Waals surface area contributed by atoms with Crippen LogP contribution < -0.4 is 0 Å². The Kier molecular flexibility index (Phi) is 14.8. The molecule has 0 N–H and O–H groups in total. The van der Waals surface area contributed by atoms with Crippen LogP contribution in [0.5, 0.6) is 0 Å². The first-order valence-corrected chi connectivity index (χ1v) is 21.0. The first kappa shape index (κ1) is 59.0. The van der Waals surface area contributed by atoms with E-state index in [9.17, 15) is 149 Å². The Labute approximate surface area is 317 Å². The molecule has 0 saturated heterocycles. The first-order valence-electron chi connectivity index (χ1n) is 14.7. The van der Waals surface area contributed by atoms with Gasteiger partial charge in [0.25, 0.3) is 0 Å². The van der Waals surface area contributed by atoms with Crippen LogP contribution in [0.25, 0.3) is 0 Å². The van der Waals surface area contributed by atoms with Crippen LogP contribution in [-0.4, -0.2) is 112 Å². The van der Waals surface area contributed by atoms with E-state index >= 15 is 0 Å². The van der Waals surface area contributed by atoms with E-state index in [4.69, 9.17) is 4.12 Å². The van der Waals surface area contributed by atoms with Gasteiger partial charge in [0.05, 0.1) is 0 Å². The van der Waals surface area contributed by atoms with Crippen LogP contribution in [0.4, 0.5) is 149 Å². The van der Waals surface area contributed by atoms with Gasteiger partial charge >= 0.3 is 95.3 Å². The van der Waals surface area contributed by atoms with E-state index in [1.54, 1.807) is 0 Å². The zero-order chi connectivity index (χ0) is 50.5. The summed E-state index contributed by atoms with van der Waals surface area (Å²) in [5.41, 5.74) is 0. The summed E-state index contributed by atoms with van der Waals surface area (Å²) >= 11 is 0. The standard InChI is InChI=1S/C24H20F34OSi2/c1-60(2,3)59-61(4,7-5-9(25,26)11(29,30)13(33,34)15(37,38)17(41,42)19(45,46)21(49,50)23(53,54)55)8-6-10(27,28)12(31,32)14(35,36)16(39,40)18(43,44)20(47,48)22(51,52)24(56,57)58/h5-8H2,1-4H3. The maximum Gasteiger partial charge on any atom is 0.460 e. The lowest BCUT2D eigenvalue weighted by molar-refractivity contribution is -0.461. The van der Waals surface area contributed by atoms with Crippen molar-refractivity contribution >= 4 is 16.6 Å². The van der Waals surface area contributed by atoms with Gasteiger partial charge in [-0.05, 0) is 38.3 Å². The van der Waals surface area contributed by atoms with E-state index in [0.29, 0.717) is 0 Å². The largest absolute Gasteiger partial charge is 0.460 e. The van der Waals surface area contributed by atoms with Crippen molar-refractivity contribution in [1.82, 2.24) is 0 Å². The summed E-state index contributed by atoms with van der Waals surface area (Å²) in [7, 11) is -9.51. The highest BCUT2D eigenvalue weighted by atomic mass is 28.4. The molecule has 0 aliphatic carbocycles. The van der Waals surface area contributed by atoms with Crippen LogP contribution in [0, 0.1) is 0 Å². The summed E-state index contributed by atoms with van der Waals surface area (Å²) in [6.07, 6.45) is -23.2.